The molecule has 1 amide bonds. The van der Waals surface area contributed by atoms with E-state index in [0.29, 0.717) is 23.8 Å². The van der Waals surface area contributed by atoms with Gasteiger partial charge in [0.15, 0.2) is 0 Å². The zero-order valence-corrected chi connectivity index (χ0v) is 18.7. The van der Waals surface area contributed by atoms with Gasteiger partial charge < -0.3 is 16.0 Å². The summed E-state index contributed by atoms with van der Waals surface area (Å²) in [6, 6.07) is 5.34. The van der Waals surface area contributed by atoms with Gasteiger partial charge in [-0.3, -0.25) is 19.1 Å². The Kier molecular flexibility index (Phi) is 8.11. The van der Waals surface area contributed by atoms with E-state index in [9.17, 15) is 14.4 Å². The van der Waals surface area contributed by atoms with Crippen molar-refractivity contribution in [3.63, 3.8) is 0 Å². The number of nitrogen functional groups attached to an aromatic ring is 1. The molecule has 0 bridgehead atoms. The number of nitrogens with two attached hydrogens (primary N) is 1. The zero-order chi connectivity index (χ0) is 22.4. The van der Waals surface area contributed by atoms with Gasteiger partial charge in [0.1, 0.15) is 11.5 Å². The molecule has 0 spiro atoms. The number of aryl methyl sites for hydroxylation is 1. The fourth-order valence-corrected chi connectivity index (χ4v) is 3.42. The minimum absolute atomic E-state index is 0.0646. The number of hydrogen-bond donors (Lipinski definition) is 3. The number of hydrogen-bond acceptors (Lipinski definition) is 5. The van der Waals surface area contributed by atoms with E-state index in [1.165, 1.54) is 4.57 Å². The summed E-state index contributed by atoms with van der Waals surface area (Å²) < 4.78 is 1.34. The number of unbranched alkanes of at least 4 members (excludes halogenated alkanes) is 1. The van der Waals surface area contributed by atoms with Crippen molar-refractivity contribution in [3.8, 4) is 0 Å². The maximum Gasteiger partial charge on any atom is 0.330 e. The van der Waals surface area contributed by atoms with Gasteiger partial charge in [0.05, 0.1) is 17.3 Å². The van der Waals surface area contributed by atoms with E-state index in [4.69, 9.17) is 17.3 Å². The summed E-state index contributed by atoms with van der Waals surface area (Å²) in [6.07, 6.45) is 1.62. The molecule has 0 atom stereocenters. The Hall–Kier alpha value is -2.74. The fraction of sp³-hybridized carbons (Fsp3) is 0.476. The number of nitrogens with zero attached hydrogens (tertiary/aromatic N) is 2. The van der Waals surface area contributed by atoms with E-state index in [1.54, 1.807) is 17.0 Å². The van der Waals surface area contributed by atoms with Crippen molar-refractivity contribution in [2.45, 2.75) is 47.1 Å². The van der Waals surface area contributed by atoms with Crippen molar-refractivity contribution in [2.24, 2.45) is 5.92 Å². The van der Waals surface area contributed by atoms with Gasteiger partial charge in [-0.1, -0.05) is 44.9 Å². The maximum atomic E-state index is 12.7. The molecule has 0 radical (unpaired) electrons. The second-order valence-corrected chi connectivity index (χ2v) is 8.21. The lowest BCUT2D eigenvalue weighted by molar-refractivity contribution is -0.115. The van der Waals surface area contributed by atoms with Crippen LogP contribution in [-0.2, 0) is 11.3 Å². The van der Waals surface area contributed by atoms with Crippen LogP contribution in [0, 0.1) is 12.8 Å². The van der Waals surface area contributed by atoms with Crippen LogP contribution in [0.5, 0.6) is 0 Å². The van der Waals surface area contributed by atoms with Crippen molar-refractivity contribution in [1.82, 2.24) is 9.55 Å². The zero-order valence-electron chi connectivity index (χ0n) is 17.9. The van der Waals surface area contributed by atoms with E-state index >= 15 is 0 Å². The van der Waals surface area contributed by atoms with Crippen LogP contribution < -0.4 is 27.2 Å². The topological polar surface area (TPSA) is 113 Å². The predicted molar refractivity (Wildman–Crippen MR) is 123 cm³/mol. The number of amides is 1. The molecule has 4 N–H and O–H groups in total. The molecule has 0 aliphatic heterocycles. The minimum Gasteiger partial charge on any atom is -0.383 e. The molecule has 1 heterocycles. The Morgan fingerprint density at radius 3 is 2.63 bits per heavy atom. The molecular weight excluding hydrogens is 406 g/mol. The van der Waals surface area contributed by atoms with E-state index in [2.05, 4.69) is 10.3 Å². The van der Waals surface area contributed by atoms with Gasteiger partial charge in [0.25, 0.3) is 5.56 Å². The summed E-state index contributed by atoms with van der Waals surface area (Å²) in [5.74, 6) is -0.119. The molecule has 0 unspecified atom stereocenters. The number of anilines is 3. The number of benzene rings is 1. The first-order valence-corrected chi connectivity index (χ1v) is 10.4. The summed E-state index contributed by atoms with van der Waals surface area (Å²) in [4.78, 5) is 41.5. The highest BCUT2D eigenvalue weighted by atomic mass is 35.5. The summed E-state index contributed by atoms with van der Waals surface area (Å²) in [5, 5.41) is 3.21. The highest BCUT2D eigenvalue weighted by Crippen LogP contribution is 2.23. The molecule has 8 nitrogen and oxygen atoms in total. The lowest BCUT2D eigenvalue weighted by Gasteiger charge is -2.26. The predicted octanol–water partition coefficient (Wildman–Crippen LogP) is 2.98. The third-order valence-electron chi connectivity index (χ3n) is 4.59. The molecule has 9 heteroatoms. The van der Waals surface area contributed by atoms with Crippen LogP contribution in [0.1, 0.15) is 39.2 Å². The largest absolute Gasteiger partial charge is 0.383 e. The summed E-state index contributed by atoms with van der Waals surface area (Å²) in [5.41, 5.74) is 6.68. The number of rotatable bonds is 9. The molecular formula is C21H30ClN5O3. The Balaban J connectivity index is 2.36. The quantitative estimate of drug-likeness (QED) is 0.560. The first-order valence-electron chi connectivity index (χ1n) is 10.1. The number of H-pyrrole nitrogens is 1. The Morgan fingerprint density at radius 2 is 2.03 bits per heavy atom. The van der Waals surface area contributed by atoms with Crippen molar-refractivity contribution >= 4 is 34.7 Å². The van der Waals surface area contributed by atoms with Crippen LogP contribution in [0.15, 0.2) is 27.8 Å². The standard InChI is InChI=1S/C21H30ClN5O3/c1-5-6-9-26(12-17(28)24-16-8-7-14(4)10-15(16)22)18-19(23)27(11-13(2)3)21(30)25-20(18)29/h7-8,10,13H,5-6,9,11-12,23H2,1-4H3,(H,24,28)(H,25,29,30). The van der Waals surface area contributed by atoms with Gasteiger partial charge in [-0.15, -0.1) is 0 Å². The lowest BCUT2D eigenvalue weighted by atomic mass is 10.2. The fourth-order valence-electron chi connectivity index (χ4n) is 3.13. The first-order chi connectivity index (χ1) is 14.1. The van der Waals surface area contributed by atoms with E-state index in [1.807, 2.05) is 33.8 Å². The highest BCUT2D eigenvalue weighted by molar-refractivity contribution is 6.33. The molecule has 1 aromatic carbocycles. The molecule has 30 heavy (non-hydrogen) atoms. The van der Waals surface area contributed by atoms with Crippen molar-refractivity contribution < 1.29 is 4.79 Å². The number of carbonyl (C=O) groups excluding carboxylic acids is 1. The normalized spacial score (nSPS) is 11.0. The van der Waals surface area contributed by atoms with Gasteiger partial charge in [0, 0.05) is 13.1 Å². The SMILES string of the molecule is CCCCN(CC(=O)Nc1ccc(C)cc1Cl)c1c(N)n(CC(C)C)c(=O)[nH]c1=O. The van der Waals surface area contributed by atoms with Crippen LogP contribution >= 0.6 is 11.6 Å². The van der Waals surface area contributed by atoms with Gasteiger partial charge in [0.2, 0.25) is 5.91 Å². The van der Waals surface area contributed by atoms with Gasteiger partial charge in [-0.2, -0.15) is 0 Å². The van der Waals surface area contributed by atoms with Gasteiger partial charge in [-0.25, -0.2) is 4.79 Å². The average Bonchev–Trinajstić information content (AvgIpc) is 2.65. The number of aromatic amines is 1. The monoisotopic (exact) mass is 435 g/mol. The lowest BCUT2D eigenvalue weighted by Crippen LogP contribution is -2.42. The molecule has 2 rings (SSSR count). The number of nitrogens with one attached hydrogen (secondary N) is 2. The maximum absolute atomic E-state index is 12.7. The van der Waals surface area contributed by atoms with Gasteiger partial charge in [-0.05, 0) is 37.0 Å². The molecule has 2 aromatic rings. The van der Waals surface area contributed by atoms with Crippen molar-refractivity contribution in [2.75, 3.05) is 29.0 Å². The Morgan fingerprint density at radius 1 is 1.33 bits per heavy atom. The van der Waals surface area contributed by atoms with Crippen molar-refractivity contribution in [3.05, 3.63) is 49.6 Å². The smallest absolute Gasteiger partial charge is 0.330 e. The van der Waals surface area contributed by atoms with Crippen LogP contribution in [0.25, 0.3) is 0 Å². The second-order valence-electron chi connectivity index (χ2n) is 7.80. The summed E-state index contributed by atoms with van der Waals surface area (Å²) >= 11 is 6.21. The average molecular weight is 436 g/mol. The summed E-state index contributed by atoms with van der Waals surface area (Å²) in [6.45, 7) is 8.52. The third-order valence-corrected chi connectivity index (χ3v) is 4.91. The van der Waals surface area contributed by atoms with Crippen LogP contribution in [0.3, 0.4) is 0 Å². The van der Waals surface area contributed by atoms with Crippen LogP contribution in [-0.4, -0.2) is 28.5 Å². The Bertz CT molecular complexity index is 1010. The number of halogens is 1. The number of carbonyl (C=O) groups is 1. The molecule has 0 saturated heterocycles. The second kappa shape index (κ2) is 10.3. The number of aromatic nitrogens is 2. The van der Waals surface area contributed by atoms with Crippen molar-refractivity contribution in [1.29, 1.82) is 0 Å². The van der Waals surface area contributed by atoms with Crippen LogP contribution in [0.4, 0.5) is 17.2 Å². The molecule has 0 saturated carbocycles. The minimum atomic E-state index is -0.602. The summed E-state index contributed by atoms with van der Waals surface area (Å²) in [7, 11) is 0. The molecule has 0 fully saturated rings. The van der Waals surface area contributed by atoms with E-state index in [0.717, 1.165) is 18.4 Å². The third kappa shape index (κ3) is 5.89. The van der Waals surface area contributed by atoms with Gasteiger partial charge >= 0.3 is 5.69 Å². The first kappa shape index (κ1) is 23.5. The molecule has 164 valence electrons. The molecule has 1 aromatic heterocycles. The van der Waals surface area contributed by atoms with Crippen LogP contribution in [0.2, 0.25) is 5.02 Å². The molecule has 0 aliphatic carbocycles. The van der Waals surface area contributed by atoms with E-state index in [-0.39, 0.29) is 29.9 Å². The molecule has 0 aliphatic rings. The van der Waals surface area contributed by atoms with E-state index < -0.39 is 11.2 Å². The highest BCUT2D eigenvalue weighted by Gasteiger charge is 2.21. The Labute approximate surface area is 181 Å².